The van der Waals surface area contributed by atoms with Gasteiger partial charge in [0, 0.05) is 24.7 Å². The number of hydrogen-bond donors (Lipinski definition) is 4. The summed E-state index contributed by atoms with van der Waals surface area (Å²) in [4.78, 5) is 84.8. The highest BCUT2D eigenvalue weighted by Gasteiger charge is 2.35. The lowest BCUT2D eigenvalue weighted by molar-refractivity contribution is -0.144. The second-order valence-corrected chi connectivity index (χ2v) is 15.8. The van der Waals surface area contributed by atoms with Gasteiger partial charge in [-0.2, -0.15) is 28.1 Å². The first-order chi connectivity index (χ1) is 31.3. The summed E-state index contributed by atoms with van der Waals surface area (Å²) in [5.74, 6) is -2.84. The number of aryl methyl sites for hydroxylation is 1. The molecule has 6 rings (SSSR count). The predicted molar refractivity (Wildman–Crippen MR) is 232 cm³/mol. The van der Waals surface area contributed by atoms with E-state index >= 15 is 0 Å². The summed E-state index contributed by atoms with van der Waals surface area (Å²) in [6, 6.07) is 14.4. The van der Waals surface area contributed by atoms with Gasteiger partial charge in [0.25, 0.3) is 15.6 Å². The average molecular weight is 996 g/mol. The van der Waals surface area contributed by atoms with E-state index in [9.17, 15) is 50.4 Å². The van der Waals surface area contributed by atoms with E-state index in [-0.39, 0.29) is 34.1 Å². The van der Waals surface area contributed by atoms with Crippen LogP contribution in [0.15, 0.2) is 93.5 Å². The van der Waals surface area contributed by atoms with Gasteiger partial charge in [0.2, 0.25) is 5.95 Å². The standard InChI is InChI=1S/C16H14ClF3N2O4.C13H13N5O6S.C11H8ClNO3/c1-8(2)26-14(24)10-6-9(4-5-11(10)17)22-13(23)7-12(16(18,19)20)21(3)15(22)25;1-7-14-11(17-13(15-7)24-2)16-12(21)18-25(22,23)9-6-4-3-5-8(9)10(19)20;12-8-3-4-9(16-6-10(14)15)11-7(8)2-1-5-13-11/h4-8H,1-3H3;3-6H,1-2H3,(H,19,20)(H2,14,15,16,17,18,21);1-5H,6H2,(H,14,15). The van der Waals surface area contributed by atoms with Gasteiger partial charge in [0.05, 0.1) is 40.1 Å². The summed E-state index contributed by atoms with van der Waals surface area (Å²) >= 11 is 11.9. The Hall–Kier alpha value is -7.64. The number of rotatable bonds is 11. The number of pyridine rings is 1. The number of esters is 1. The number of nitrogens with one attached hydrogen (secondary N) is 2. The number of benzene rings is 3. The zero-order valence-corrected chi connectivity index (χ0v) is 37.5. The number of carboxylic acid groups (broad SMARTS) is 2. The molecule has 0 bridgehead atoms. The van der Waals surface area contributed by atoms with Crippen molar-refractivity contribution in [2.45, 2.75) is 37.9 Å². The number of sulfonamides is 1. The fourth-order valence-electron chi connectivity index (χ4n) is 5.38. The molecule has 67 heavy (non-hydrogen) atoms. The molecule has 0 spiro atoms. The minimum Gasteiger partial charge on any atom is -0.480 e. The summed E-state index contributed by atoms with van der Waals surface area (Å²) in [5, 5.41) is 21.0. The molecule has 0 saturated carbocycles. The van der Waals surface area contributed by atoms with Crippen molar-refractivity contribution in [2.75, 3.05) is 19.0 Å². The maximum atomic E-state index is 12.9. The third kappa shape index (κ3) is 13.7. The molecule has 3 aromatic heterocycles. The Kier molecular flexibility index (Phi) is 17.1. The van der Waals surface area contributed by atoms with Crippen LogP contribution in [0.1, 0.15) is 46.1 Å². The van der Waals surface area contributed by atoms with Crippen LogP contribution in [-0.2, 0) is 32.8 Å². The number of alkyl halides is 3. The Labute approximate surface area is 385 Å². The quantitative estimate of drug-likeness (QED) is 0.116. The van der Waals surface area contributed by atoms with Crippen LogP contribution in [0.4, 0.5) is 23.9 Å². The molecule has 2 amide bonds. The van der Waals surface area contributed by atoms with Gasteiger partial charge in [-0.15, -0.1) is 0 Å². The van der Waals surface area contributed by atoms with Crippen LogP contribution in [0.5, 0.6) is 11.8 Å². The maximum Gasteiger partial charge on any atom is 0.431 e. The molecular weight excluding hydrogens is 960 g/mol. The number of urea groups is 1. The zero-order chi connectivity index (χ0) is 50.0. The van der Waals surface area contributed by atoms with E-state index in [1.54, 1.807) is 49.0 Å². The molecule has 3 heterocycles. The number of anilines is 1. The first kappa shape index (κ1) is 52.0. The van der Waals surface area contributed by atoms with Crippen LogP contribution in [-0.4, -0.2) is 91.5 Å². The van der Waals surface area contributed by atoms with Gasteiger partial charge < -0.3 is 24.4 Å². The van der Waals surface area contributed by atoms with Gasteiger partial charge in [-0.25, -0.2) is 41.7 Å². The molecule has 6 aromatic rings. The fraction of sp³-hybridized carbons (Fsp3) is 0.200. The molecule has 3 aromatic carbocycles. The summed E-state index contributed by atoms with van der Waals surface area (Å²) in [6.45, 7) is 4.36. The van der Waals surface area contributed by atoms with Gasteiger partial charge in [0.1, 0.15) is 27.7 Å². The molecule has 0 aliphatic carbocycles. The monoisotopic (exact) mass is 994 g/mol. The van der Waals surface area contributed by atoms with E-state index in [0.717, 1.165) is 30.6 Å². The van der Waals surface area contributed by atoms with Gasteiger partial charge in [0.15, 0.2) is 6.61 Å². The Morgan fingerprint density at radius 1 is 0.896 bits per heavy atom. The van der Waals surface area contributed by atoms with Crippen molar-refractivity contribution < 1.29 is 65.2 Å². The zero-order valence-electron chi connectivity index (χ0n) is 35.2. The maximum absolute atomic E-state index is 12.9. The third-order valence-corrected chi connectivity index (χ3v) is 10.2. The number of carbonyl (C=O) groups is 4. The summed E-state index contributed by atoms with van der Waals surface area (Å²) < 4.78 is 80.6. The highest BCUT2D eigenvalue weighted by molar-refractivity contribution is 7.90. The Balaban J connectivity index is 0.000000226. The van der Waals surface area contributed by atoms with Crippen LogP contribution in [0.25, 0.3) is 16.6 Å². The van der Waals surface area contributed by atoms with Gasteiger partial charge in [-0.05, 0) is 75.4 Å². The van der Waals surface area contributed by atoms with Crippen LogP contribution in [0.3, 0.4) is 0 Å². The first-order valence-electron chi connectivity index (χ1n) is 18.6. The van der Waals surface area contributed by atoms with E-state index in [4.69, 9.17) is 47.6 Å². The van der Waals surface area contributed by atoms with Crippen molar-refractivity contribution in [3.05, 3.63) is 133 Å². The Morgan fingerprint density at radius 2 is 1.57 bits per heavy atom. The smallest absolute Gasteiger partial charge is 0.431 e. The molecule has 0 unspecified atom stereocenters. The van der Waals surface area contributed by atoms with Crippen molar-refractivity contribution in [1.82, 2.24) is 33.8 Å². The molecule has 354 valence electrons. The normalized spacial score (nSPS) is 11.0. The molecule has 0 radical (unpaired) electrons. The number of carbonyl (C=O) groups excluding carboxylic acids is 2. The highest BCUT2D eigenvalue weighted by atomic mass is 35.5. The number of fused-ring (bicyclic) bond motifs is 1. The van der Waals surface area contributed by atoms with Crippen LogP contribution in [0, 0.1) is 6.92 Å². The number of ether oxygens (including phenoxy) is 3. The molecule has 0 aliphatic heterocycles. The number of methoxy groups -OCH3 is 1. The second kappa shape index (κ2) is 22.0. The lowest BCUT2D eigenvalue weighted by atomic mass is 10.2. The van der Waals surface area contributed by atoms with Gasteiger partial charge >= 0.3 is 41.8 Å². The molecule has 21 nitrogen and oxygen atoms in total. The number of aliphatic carboxylic acids is 1. The third-order valence-electron chi connectivity index (χ3n) is 8.18. The first-order valence-corrected chi connectivity index (χ1v) is 20.8. The van der Waals surface area contributed by atoms with Gasteiger partial charge in [-0.1, -0.05) is 35.3 Å². The predicted octanol–water partition coefficient (Wildman–Crippen LogP) is 5.52. The second-order valence-electron chi connectivity index (χ2n) is 13.3. The van der Waals surface area contributed by atoms with Crippen molar-refractivity contribution in [1.29, 1.82) is 0 Å². The molecule has 0 saturated heterocycles. The average Bonchev–Trinajstić information content (AvgIpc) is 3.24. The van der Waals surface area contributed by atoms with Crippen molar-refractivity contribution in [2.24, 2.45) is 7.05 Å². The highest BCUT2D eigenvalue weighted by Crippen LogP contribution is 2.30. The van der Waals surface area contributed by atoms with E-state index < -0.39 is 80.3 Å². The summed E-state index contributed by atoms with van der Waals surface area (Å²) in [7, 11) is -2.22. The minimum atomic E-state index is -4.86. The largest absolute Gasteiger partial charge is 0.480 e. The lowest BCUT2D eigenvalue weighted by Crippen LogP contribution is -2.40. The van der Waals surface area contributed by atoms with E-state index in [1.165, 1.54) is 38.3 Å². The molecule has 0 atom stereocenters. The fourth-order valence-corrected chi connectivity index (χ4v) is 6.89. The van der Waals surface area contributed by atoms with Crippen LogP contribution >= 0.6 is 23.2 Å². The van der Waals surface area contributed by atoms with Crippen LogP contribution in [0.2, 0.25) is 10.0 Å². The minimum absolute atomic E-state index is 0.0104. The number of aromatic nitrogens is 6. The number of nitrogens with zero attached hydrogens (tertiary/aromatic N) is 6. The van der Waals surface area contributed by atoms with E-state index in [0.29, 0.717) is 31.5 Å². The van der Waals surface area contributed by atoms with E-state index in [1.807, 2.05) is 0 Å². The summed E-state index contributed by atoms with van der Waals surface area (Å²) in [5.41, 5.74) is -3.91. The number of halogens is 5. The number of amides is 2. The van der Waals surface area contributed by atoms with Crippen molar-refractivity contribution in [3.63, 3.8) is 0 Å². The Bertz CT molecular complexity index is 3100. The van der Waals surface area contributed by atoms with Crippen LogP contribution < -0.4 is 30.8 Å². The van der Waals surface area contributed by atoms with Crippen molar-refractivity contribution in [3.8, 4) is 17.4 Å². The molecule has 4 N–H and O–H groups in total. The number of carboxylic acids is 2. The van der Waals surface area contributed by atoms with E-state index in [2.05, 4.69) is 25.3 Å². The lowest BCUT2D eigenvalue weighted by Gasteiger charge is -2.15. The Morgan fingerprint density at radius 3 is 2.19 bits per heavy atom. The SMILES string of the molecule is CC(C)OC(=O)c1cc(-n2c(=O)cc(C(F)(F)F)n(C)c2=O)ccc1Cl.COc1nc(C)nc(NC(=O)NS(=O)(=O)c2ccccc2C(=O)O)n1.O=C(O)COc1ccc(Cl)c2cccnc12. The topological polar surface area (TPSA) is 290 Å². The van der Waals surface area contributed by atoms with Crippen molar-refractivity contribution >= 4 is 74.0 Å². The molecule has 0 aliphatic rings. The summed E-state index contributed by atoms with van der Waals surface area (Å²) in [6.07, 6.45) is -3.70. The molecular formula is C40H35Cl2F3N8O13S. The molecule has 0 fully saturated rings. The number of aromatic carboxylic acids is 1. The van der Waals surface area contributed by atoms with Gasteiger partial charge in [-0.3, -0.25) is 19.7 Å². The molecule has 27 heteroatoms. The number of hydrogen-bond acceptors (Lipinski definition) is 15.